The van der Waals surface area contributed by atoms with Gasteiger partial charge in [-0.25, -0.2) is 0 Å². The maximum absolute atomic E-state index is 11.7. The summed E-state index contributed by atoms with van der Waals surface area (Å²) >= 11 is 1.69. The zero-order chi connectivity index (χ0) is 43.8. The number of aliphatic hydroxyl groups excluding tert-OH is 2. The Kier molecular flexibility index (Phi) is 14.0. The monoisotopic (exact) mass is 868 g/mol. The van der Waals surface area contributed by atoms with Crippen LogP contribution in [0.5, 0.6) is 17.2 Å². The first-order chi connectivity index (χ1) is 30.8. The Morgan fingerprint density at radius 1 is 0.889 bits per heavy atom. The van der Waals surface area contributed by atoms with Crippen molar-refractivity contribution in [2.45, 2.75) is 73.4 Å². The van der Waals surface area contributed by atoms with Crippen molar-refractivity contribution < 1.29 is 39.0 Å². The predicted octanol–water partition coefficient (Wildman–Crippen LogP) is 11.0. The van der Waals surface area contributed by atoms with E-state index < -0.39 is 10.7 Å². The van der Waals surface area contributed by atoms with Gasteiger partial charge in [0.2, 0.25) is 5.79 Å². The largest absolute Gasteiger partial charge is 0.460 e. The zero-order valence-electron chi connectivity index (χ0n) is 35.1. The SMILES string of the molecule is C=CCOC12Oc3ccc(Oc4cccc(C=O)c4)cc3C3C(CCCCO)C(CCCCO)C=C(C(=NOCc4ccc([N+](=O)[O-])cc4)CC1Sc1ccc4ccccc4c1)C32. The van der Waals surface area contributed by atoms with Crippen LogP contribution in [0.2, 0.25) is 0 Å². The van der Waals surface area contributed by atoms with Crippen molar-refractivity contribution in [1.29, 1.82) is 0 Å². The van der Waals surface area contributed by atoms with Crippen LogP contribution in [0, 0.1) is 27.9 Å². The lowest BCUT2D eigenvalue weighted by Gasteiger charge is -2.58. The Balaban J connectivity index is 1.29. The fourth-order valence-corrected chi connectivity index (χ4v) is 10.9. The van der Waals surface area contributed by atoms with E-state index in [1.165, 1.54) is 12.1 Å². The first-order valence-electron chi connectivity index (χ1n) is 21.7. The molecule has 0 bridgehead atoms. The topological polar surface area (TPSA) is 150 Å². The second-order valence-corrected chi connectivity index (χ2v) is 17.6. The van der Waals surface area contributed by atoms with E-state index in [0.29, 0.717) is 42.1 Å². The molecule has 0 amide bonds. The highest BCUT2D eigenvalue weighted by Gasteiger charge is 2.64. The van der Waals surface area contributed by atoms with Crippen LogP contribution in [-0.2, 0) is 16.2 Å². The van der Waals surface area contributed by atoms with E-state index in [-0.39, 0.29) is 61.0 Å². The zero-order valence-corrected chi connectivity index (χ0v) is 35.9. The van der Waals surface area contributed by atoms with E-state index >= 15 is 0 Å². The summed E-state index contributed by atoms with van der Waals surface area (Å²) in [4.78, 5) is 29.8. The van der Waals surface area contributed by atoms with E-state index in [1.807, 2.05) is 30.3 Å². The number of allylic oxidation sites excluding steroid dienone is 1. The van der Waals surface area contributed by atoms with Crippen molar-refractivity contribution in [2.75, 3.05) is 19.8 Å². The standard InChI is InChI=1S/C51H52N2O9S/c1-2-26-59-51-48(63-42-22-18-36-11-3-4-12-37(36)28-42)31-46(52-60-33-34-16-19-39(20-17-34)53(57)58)44-29-38(13-5-7-24-54)43(15-6-8-25-55)49(50(44)51)45-30-41(21-23-47(45)62-51)61-40-14-9-10-35(27-40)32-56/h2-4,9-12,14,16-23,27-30,32,38,43,48-50,54-55H,1,5-8,13,15,24-26,31,33H2. The number of carbonyl (C=O) groups excluding carboxylic acids is 1. The number of nitro benzene ring substituents is 1. The number of nitro groups is 1. The number of hydrogen-bond donors (Lipinski definition) is 2. The number of rotatable bonds is 20. The molecule has 1 heterocycles. The van der Waals surface area contributed by atoms with Crippen LogP contribution < -0.4 is 9.47 Å². The number of oxime groups is 1. The van der Waals surface area contributed by atoms with Gasteiger partial charge in [0.1, 0.15) is 30.1 Å². The van der Waals surface area contributed by atoms with Crippen LogP contribution in [0.25, 0.3) is 10.8 Å². The van der Waals surface area contributed by atoms with Crippen molar-refractivity contribution in [1.82, 2.24) is 0 Å². The Morgan fingerprint density at radius 2 is 1.67 bits per heavy atom. The summed E-state index contributed by atoms with van der Waals surface area (Å²) in [5.74, 6) is 0.246. The molecule has 1 aliphatic heterocycles. The van der Waals surface area contributed by atoms with E-state index in [0.717, 1.165) is 70.0 Å². The van der Waals surface area contributed by atoms with Gasteiger partial charge in [-0.05, 0) is 114 Å². The number of unbranched alkanes of at least 4 members (excludes halogenated alkanes) is 2. The van der Waals surface area contributed by atoms with E-state index in [1.54, 1.807) is 48.2 Å². The number of ether oxygens (including phenoxy) is 3. The molecular weight excluding hydrogens is 817 g/mol. The van der Waals surface area contributed by atoms with Crippen molar-refractivity contribution >= 4 is 40.2 Å². The third kappa shape index (κ3) is 9.59. The number of nitrogens with zero attached hydrogens (tertiary/aromatic N) is 2. The second-order valence-electron chi connectivity index (χ2n) is 16.4. The molecule has 12 heteroatoms. The number of carbonyl (C=O) groups is 1. The molecule has 6 atom stereocenters. The van der Waals surface area contributed by atoms with Gasteiger partial charge in [0.15, 0.2) is 0 Å². The van der Waals surface area contributed by atoms with Crippen LogP contribution in [0.4, 0.5) is 5.69 Å². The fraction of sp³-hybridized carbons (Fsp3) is 0.333. The van der Waals surface area contributed by atoms with Crippen molar-refractivity contribution in [3.05, 3.63) is 160 Å². The summed E-state index contributed by atoms with van der Waals surface area (Å²) < 4.78 is 20.9. The van der Waals surface area contributed by atoms with Crippen molar-refractivity contribution in [3.8, 4) is 17.2 Å². The van der Waals surface area contributed by atoms with Crippen LogP contribution >= 0.6 is 11.8 Å². The second kappa shape index (κ2) is 20.2. The molecule has 1 saturated carbocycles. The molecule has 0 saturated heterocycles. The highest BCUT2D eigenvalue weighted by Crippen LogP contribution is 2.63. The highest BCUT2D eigenvalue weighted by molar-refractivity contribution is 8.00. The van der Waals surface area contributed by atoms with Crippen molar-refractivity contribution in [2.24, 2.45) is 22.9 Å². The molecule has 1 fully saturated rings. The van der Waals surface area contributed by atoms with Gasteiger partial charge >= 0.3 is 0 Å². The van der Waals surface area contributed by atoms with E-state index in [9.17, 15) is 25.1 Å². The van der Waals surface area contributed by atoms with Gasteiger partial charge in [-0.2, -0.15) is 0 Å². The predicted molar refractivity (Wildman–Crippen MR) is 245 cm³/mol. The summed E-state index contributed by atoms with van der Waals surface area (Å²) in [7, 11) is 0. The Hall–Kier alpha value is -5.79. The van der Waals surface area contributed by atoms with Gasteiger partial charge in [0.05, 0.1) is 28.4 Å². The summed E-state index contributed by atoms with van der Waals surface area (Å²) in [6.07, 6.45) is 9.95. The Labute approximate surface area is 371 Å². The minimum Gasteiger partial charge on any atom is -0.460 e. The van der Waals surface area contributed by atoms with E-state index in [2.05, 4.69) is 49.1 Å². The Morgan fingerprint density at radius 3 is 2.43 bits per heavy atom. The maximum Gasteiger partial charge on any atom is 0.269 e. The van der Waals surface area contributed by atoms with E-state index in [4.69, 9.17) is 24.2 Å². The lowest BCUT2D eigenvalue weighted by molar-refractivity contribution is -0.384. The van der Waals surface area contributed by atoms with Crippen LogP contribution in [-0.4, -0.2) is 58.0 Å². The third-order valence-electron chi connectivity index (χ3n) is 12.4. The molecule has 8 rings (SSSR count). The van der Waals surface area contributed by atoms with Crippen LogP contribution in [0.15, 0.2) is 144 Å². The first kappa shape index (κ1) is 43.8. The number of aliphatic hydroxyl groups is 2. The van der Waals surface area contributed by atoms with Gasteiger partial charge in [-0.3, -0.25) is 14.9 Å². The van der Waals surface area contributed by atoms with Gasteiger partial charge in [0.25, 0.3) is 5.69 Å². The summed E-state index contributed by atoms with van der Waals surface area (Å²) in [5, 5.41) is 38.1. The summed E-state index contributed by atoms with van der Waals surface area (Å²) in [6, 6.07) is 34.0. The smallest absolute Gasteiger partial charge is 0.269 e. The molecule has 6 unspecified atom stereocenters. The molecule has 2 aliphatic carbocycles. The molecule has 0 radical (unpaired) electrons. The molecule has 5 aromatic rings. The quantitative estimate of drug-likeness (QED) is 0.0254. The number of hydrogen-bond acceptors (Lipinski definition) is 11. The van der Waals surface area contributed by atoms with Gasteiger partial charge in [-0.15, -0.1) is 18.3 Å². The molecule has 0 spiro atoms. The molecule has 5 aromatic carbocycles. The van der Waals surface area contributed by atoms with Gasteiger partial charge in [-0.1, -0.05) is 72.6 Å². The molecule has 3 aliphatic rings. The number of fused-ring (bicyclic) bond motifs is 3. The minimum atomic E-state index is -1.20. The average molecular weight is 869 g/mol. The maximum atomic E-state index is 11.7. The minimum absolute atomic E-state index is 0.00145. The molecule has 11 nitrogen and oxygen atoms in total. The van der Waals surface area contributed by atoms with Crippen molar-refractivity contribution in [3.63, 3.8) is 0 Å². The van der Waals surface area contributed by atoms with Crippen LogP contribution in [0.1, 0.15) is 72.3 Å². The third-order valence-corrected chi connectivity index (χ3v) is 13.7. The number of non-ortho nitro benzene ring substituents is 1. The summed E-state index contributed by atoms with van der Waals surface area (Å²) in [6.45, 7) is 4.59. The number of aldehydes is 1. The van der Waals surface area contributed by atoms with Gasteiger partial charge in [0, 0.05) is 53.7 Å². The number of benzene rings is 5. The highest BCUT2D eigenvalue weighted by atomic mass is 32.2. The molecular formula is C51H52N2O9S. The van der Waals surface area contributed by atoms with Crippen LogP contribution in [0.3, 0.4) is 0 Å². The summed E-state index contributed by atoms with van der Waals surface area (Å²) in [5.41, 5.74) is 3.97. The molecule has 0 aromatic heterocycles. The normalized spacial score (nSPS) is 22.9. The average Bonchev–Trinajstić information content (AvgIpc) is 3.30. The molecule has 326 valence electrons. The fourth-order valence-electron chi connectivity index (χ4n) is 9.58. The first-order valence-corrected chi connectivity index (χ1v) is 22.5. The van der Waals surface area contributed by atoms with Gasteiger partial charge < -0.3 is 29.3 Å². The Bertz CT molecular complexity index is 2490. The lowest BCUT2D eigenvalue weighted by atomic mass is 9.56. The molecule has 2 N–H and O–H groups in total. The molecule has 63 heavy (non-hydrogen) atoms. The number of thioether (sulfide) groups is 1. The lowest BCUT2D eigenvalue weighted by Crippen LogP contribution is -2.64.